The Morgan fingerprint density at radius 3 is 2.79 bits per heavy atom. The highest BCUT2D eigenvalue weighted by Crippen LogP contribution is 2.11. The third kappa shape index (κ3) is 4.32. The van der Waals surface area contributed by atoms with Crippen molar-refractivity contribution < 1.29 is 0 Å². The Kier molecular flexibility index (Phi) is 4.99. The van der Waals surface area contributed by atoms with Crippen LogP contribution in [0, 0.1) is 13.8 Å². The maximum Gasteiger partial charge on any atom is 0.0596 e. The normalized spacial score (nSPS) is 20.6. The van der Waals surface area contributed by atoms with Crippen LogP contribution >= 0.6 is 0 Å². The number of aromatic nitrogens is 2. The molecule has 0 aromatic carbocycles. The van der Waals surface area contributed by atoms with Crippen LogP contribution in [0.1, 0.15) is 38.1 Å². The van der Waals surface area contributed by atoms with E-state index in [4.69, 9.17) is 0 Å². The maximum absolute atomic E-state index is 4.51. The monoisotopic (exact) mass is 264 g/mol. The summed E-state index contributed by atoms with van der Waals surface area (Å²) < 4.78 is 2.13. The van der Waals surface area contributed by atoms with E-state index in [2.05, 4.69) is 53.8 Å². The predicted octanol–water partition coefficient (Wildman–Crippen LogP) is 1.96. The van der Waals surface area contributed by atoms with Crippen molar-refractivity contribution >= 4 is 0 Å². The lowest BCUT2D eigenvalue weighted by atomic mass is 10.2. The summed E-state index contributed by atoms with van der Waals surface area (Å²) >= 11 is 0. The van der Waals surface area contributed by atoms with E-state index < -0.39 is 0 Å². The molecular formula is C15H28N4. The van der Waals surface area contributed by atoms with Gasteiger partial charge in [0.2, 0.25) is 0 Å². The van der Waals surface area contributed by atoms with Gasteiger partial charge in [-0.2, -0.15) is 5.10 Å². The zero-order valence-corrected chi connectivity index (χ0v) is 12.8. The minimum Gasteiger partial charge on any atom is -0.310 e. The lowest BCUT2D eigenvalue weighted by Gasteiger charge is -2.18. The lowest BCUT2D eigenvalue weighted by Crippen LogP contribution is -2.37. The Morgan fingerprint density at radius 2 is 2.16 bits per heavy atom. The Balaban J connectivity index is 1.68. The molecule has 108 valence electrons. The van der Waals surface area contributed by atoms with E-state index in [1.807, 2.05) is 0 Å². The highest BCUT2D eigenvalue weighted by Gasteiger charge is 2.21. The number of aryl methyl sites for hydroxylation is 3. The van der Waals surface area contributed by atoms with E-state index in [1.165, 1.54) is 38.2 Å². The van der Waals surface area contributed by atoms with Crippen molar-refractivity contribution in [3.05, 3.63) is 17.5 Å². The summed E-state index contributed by atoms with van der Waals surface area (Å²) in [4.78, 5) is 2.58. The largest absolute Gasteiger partial charge is 0.310 e. The summed E-state index contributed by atoms with van der Waals surface area (Å²) in [5.74, 6) is 0. The van der Waals surface area contributed by atoms with Gasteiger partial charge in [-0.25, -0.2) is 0 Å². The standard InChI is InChI=1S/C15H28N4/c1-12(2)16-15-6-9-18(11-15)7-5-8-19-14(4)10-13(3)17-19/h10,12,15-16H,5-9,11H2,1-4H3. The van der Waals surface area contributed by atoms with E-state index in [0.717, 1.165) is 12.2 Å². The molecule has 4 nitrogen and oxygen atoms in total. The predicted molar refractivity (Wildman–Crippen MR) is 79.4 cm³/mol. The number of hydrogen-bond acceptors (Lipinski definition) is 3. The molecule has 0 bridgehead atoms. The van der Waals surface area contributed by atoms with Gasteiger partial charge in [-0.1, -0.05) is 13.8 Å². The lowest BCUT2D eigenvalue weighted by molar-refractivity contribution is 0.309. The van der Waals surface area contributed by atoms with Crippen LogP contribution in [0.25, 0.3) is 0 Å². The molecule has 0 spiro atoms. The topological polar surface area (TPSA) is 33.1 Å². The van der Waals surface area contributed by atoms with Crippen molar-refractivity contribution in [3.8, 4) is 0 Å². The molecule has 1 aliphatic rings. The Bertz CT molecular complexity index is 397. The molecule has 0 radical (unpaired) electrons. The average Bonchev–Trinajstić information content (AvgIpc) is 2.86. The van der Waals surface area contributed by atoms with E-state index in [-0.39, 0.29) is 0 Å². The minimum atomic E-state index is 0.597. The van der Waals surface area contributed by atoms with Gasteiger partial charge < -0.3 is 10.2 Å². The number of hydrogen-bond donors (Lipinski definition) is 1. The van der Waals surface area contributed by atoms with Crippen LogP contribution in [0.5, 0.6) is 0 Å². The van der Waals surface area contributed by atoms with Gasteiger partial charge in [0, 0.05) is 30.9 Å². The molecule has 0 aliphatic carbocycles. The SMILES string of the molecule is Cc1cc(C)n(CCCN2CCC(NC(C)C)C2)n1. The number of nitrogens with one attached hydrogen (secondary N) is 1. The summed E-state index contributed by atoms with van der Waals surface area (Å²) in [6.07, 6.45) is 2.48. The van der Waals surface area contributed by atoms with Crippen molar-refractivity contribution in [2.24, 2.45) is 0 Å². The molecule has 19 heavy (non-hydrogen) atoms. The van der Waals surface area contributed by atoms with Crippen molar-refractivity contribution in [2.75, 3.05) is 19.6 Å². The molecule has 1 atom stereocenters. The van der Waals surface area contributed by atoms with E-state index in [1.54, 1.807) is 0 Å². The molecule has 0 saturated carbocycles. The van der Waals surface area contributed by atoms with Crippen molar-refractivity contribution in [1.82, 2.24) is 20.0 Å². The van der Waals surface area contributed by atoms with Gasteiger partial charge in [-0.05, 0) is 45.8 Å². The van der Waals surface area contributed by atoms with Crippen molar-refractivity contribution in [3.63, 3.8) is 0 Å². The molecule has 2 rings (SSSR count). The van der Waals surface area contributed by atoms with Gasteiger partial charge in [0.05, 0.1) is 5.69 Å². The first-order chi connectivity index (χ1) is 9.04. The summed E-state index contributed by atoms with van der Waals surface area (Å²) in [6.45, 7) is 13.3. The summed E-state index contributed by atoms with van der Waals surface area (Å²) in [7, 11) is 0. The first-order valence-corrected chi connectivity index (χ1v) is 7.54. The zero-order chi connectivity index (χ0) is 13.8. The van der Waals surface area contributed by atoms with Crippen molar-refractivity contribution in [2.45, 2.75) is 59.2 Å². The molecule has 1 saturated heterocycles. The van der Waals surface area contributed by atoms with Gasteiger partial charge in [-0.15, -0.1) is 0 Å². The maximum atomic E-state index is 4.51. The third-order valence-electron chi connectivity index (χ3n) is 3.79. The van der Waals surface area contributed by atoms with Crippen molar-refractivity contribution in [1.29, 1.82) is 0 Å². The average molecular weight is 264 g/mol. The van der Waals surface area contributed by atoms with E-state index in [0.29, 0.717) is 12.1 Å². The third-order valence-corrected chi connectivity index (χ3v) is 3.79. The van der Waals surface area contributed by atoms with E-state index in [9.17, 15) is 0 Å². The fourth-order valence-corrected chi connectivity index (χ4v) is 2.99. The Labute approximate surface area is 117 Å². The molecule has 1 N–H and O–H groups in total. The zero-order valence-electron chi connectivity index (χ0n) is 12.8. The van der Waals surface area contributed by atoms with Crippen LogP contribution in [-0.2, 0) is 6.54 Å². The van der Waals surface area contributed by atoms with Crippen LogP contribution in [-0.4, -0.2) is 46.4 Å². The van der Waals surface area contributed by atoms with Gasteiger partial charge in [0.25, 0.3) is 0 Å². The van der Waals surface area contributed by atoms with E-state index >= 15 is 0 Å². The van der Waals surface area contributed by atoms with Gasteiger partial charge in [0.15, 0.2) is 0 Å². The molecule has 4 heteroatoms. The molecule has 0 amide bonds. The summed E-state index contributed by atoms with van der Waals surface area (Å²) in [5.41, 5.74) is 2.40. The van der Waals surface area contributed by atoms with Crippen LogP contribution in [0.2, 0.25) is 0 Å². The highest BCUT2D eigenvalue weighted by atomic mass is 15.3. The van der Waals surface area contributed by atoms with Crippen LogP contribution in [0.3, 0.4) is 0 Å². The summed E-state index contributed by atoms with van der Waals surface area (Å²) in [5, 5.41) is 8.15. The molecule has 1 unspecified atom stereocenters. The first-order valence-electron chi connectivity index (χ1n) is 7.54. The quantitative estimate of drug-likeness (QED) is 0.852. The molecular weight excluding hydrogens is 236 g/mol. The second kappa shape index (κ2) is 6.53. The first kappa shape index (κ1) is 14.5. The fraction of sp³-hybridized carbons (Fsp3) is 0.800. The molecule has 1 aromatic rings. The molecule has 2 heterocycles. The number of rotatable bonds is 6. The molecule has 1 aromatic heterocycles. The van der Waals surface area contributed by atoms with Gasteiger partial charge in [0.1, 0.15) is 0 Å². The second-order valence-electron chi connectivity index (χ2n) is 6.11. The molecule has 1 fully saturated rings. The van der Waals surface area contributed by atoms with Crippen LogP contribution in [0.15, 0.2) is 6.07 Å². The Morgan fingerprint density at radius 1 is 1.37 bits per heavy atom. The smallest absolute Gasteiger partial charge is 0.0596 e. The van der Waals surface area contributed by atoms with Crippen LogP contribution < -0.4 is 5.32 Å². The minimum absolute atomic E-state index is 0.597. The highest BCUT2D eigenvalue weighted by molar-refractivity contribution is 5.06. The molecule has 1 aliphatic heterocycles. The fourth-order valence-electron chi connectivity index (χ4n) is 2.99. The Hall–Kier alpha value is -0.870. The van der Waals surface area contributed by atoms with Gasteiger partial charge in [-0.3, -0.25) is 4.68 Å². The number of nitrogens with zero attached hydrogens (tertiary/aromatic N) is 3. The van der Waals surface area contributed by atoms with Crippen LogP contribution in [0.4, 0.5) is 0 Å². The second-order valence-corrected chi connectivity index (χ2v) is 6.11. The van der Waals surface area contributed by atoms with Gasteiger partial charge >= 0.3 is 0 Å². The summed E-state index contributed by atoms with van der Waals surface area (Å²) in [6, 6.07) is 3.44. The number of likely N-dealkylation sites (tertiary alicyclic amines) is 1.